The Morgan fingerprint density at radius 3 is 2.71 bits per heavy atom. The fourth-order valence-electron chi connectivity index (χ4n) is 3.77. The smallest absolute Gasteiger partial charge is 0.223 e. The lowest BCUT2D eigenvalue weighted by Gasteiger charge is -2.26. The van der Waals surface area contributed by atoms with Crippen LogP contribution in [0.2, 0.25) is 0 Å². The second-order valence-corrected chi connectivity index (χ2v) is 8.08. The molecule has 1 N–H and O–H groups in total. The zero-order valence-electron chi connectivity index (χ0n) is 14.5. The highest BCUT2D eigenvalue weighted by atomic mass is 79.9. The molecule has 24 heavy (non-hydrogen) atoms. The third-order valence-corrected chi connectivity index (χ3v) is 6.05. The van der Waals surface area contributed by atoms with Crippen molar-refractivity contribution in [1.82, 2.24) is 10.2 Å². The molecule has 1 aromatic rings. The van der Waals surface area contributed by atoms with Gasteiger partial charge in [-0.2, -0.15) is 0 Å². The van der Waals surface area contributed by atoms with Crippen molar-refractivity contribution in [1.29, 1.82) is 0 Å². The van der Waals surface area contributed by atoms with Gasteiger partial charge in [-0.3, -0.25) is 4.79 Å². The van der Waals surface area contributed by atoms with Gasteiger partial charge in [0.25, 0.3) is 0 Å². The molecule has 132 valence electrons. The second kappa shape index (κ2) is 9.00. The molecular weight excluding hydrogens is 364 g/mol. The van der Waals surface area contributed by atoms with Crippen LogP contribution in [0.15, 0.2) is 28.7 Å². The van der Waals surface area contributed by atoms with Crippen LogP contribution in [0.3, 0.4) is 0 Å². The van der Waals surface area contributed by atoms with Crippen LogP contribution in [0, 0.1) is 5.92 Å². The Hall–Kier alpha value is -0.870. The Morgan fingerprint density at radius 1 is 1.12 bits per heavy atom. The number of hydrogen-bond acceptors (Lipinski definition) is 2. The topological polar surface area (TPSA) is 32.3 Å². The molecule has 1 aliphatic carbocycles. The first kappa shape index (κ1) is 17.9. The molecule has 1 saturated heterocycles. The third kappa shape index (κ3) is 5.06. The van der Waals surface area contributed by atoms with Gasteiger partial charge in [-0.15, -0.1) is 0 Å². The highest BCUT2D eigenvalue weighted by Gasteiger charge is 2.44. The molecule has 3 nitrogen and oxygen atoms in total. The van der Waals surface area contributed by atoms with Crippen LogP contribution < -0.4 is 5.32 Å². The number of halogens is 1. The van der Waals surface area contributed by atoms with Crippen LogP contribution in [-0.4, -0.2) is 37.0 Å². The minimum absolute atomic E-state index is 0.178. The maximum absolute atomic E-state index is 12.2. The van der Waals surface area contributed by atoms with Gasteiger partial charge in [0.15, 0.2) is 0 Å². The molecule has 4 heteroatoms. The molecule has 1 aromatic carbocycles. The first-order valence-corrected chi connectivity index (χ1v) is 10.3. The average molecular weight is 393 g/mol. The molecule has 0 bridgehead atoms. The van der Waals surface area contributed by atoms with Crippen molar-refractivity contribution in [3.8, 4) is 0 Å². The summed E-state index contributed by atoms with van der Waals surface area (Å²) >= 11 is 3.59. The Bertz CT molecular complexity index is 542. The van der Waals surface area contributed by atoms with Crippen molar-refractivity contribution in [2.75, 3.05) is 26.2 Å². The predicted molar refractivity (Wildman–Crippen MR) is 102 cm³/mol. The van der Waals surface area contributed by atoms with Crippen LogP contribution in [-0.2, 0) is 4.79 Å². The largest absolute Gasteiger partial charge is 0.356 e. The van der Waals surface area contributed by atoms with Gasteiger partial charge in [0.2, 0.25) is 5.91 Å². The van der Waals surface area contributed by atoms with Gasteiger partial charge in [0.05, 0.1) is 0 Å². The summed E-state index contributed by atoms with van der Waals surface area (Å²) in [4.78, 5) is 14.8. The van der Waals surface area contributed by atoms with E-state index in [1.165, 1.54) is 57.3 Å². The van der Waals surface area contributed by atoms with Crippen molar-refractivity contribution < 1.29 is 4.79 Å². The van der Waals surface area contributed by atoms with Crippen LogP contribution >= 0.6 is 15.9 Å². The second-order valence-electron chi connectivity index (χ2n) is 7.22. The molecule has 2 fully saturated rings. The number of amides is 1. The van der Waals surface area contributed by atoms with E-state index < -0.39 is 0 Å². The van der Waals surface area contributed by atoms with Crippen LogP contribution in [0.1, 0.15) is 56.4 Å². The van der Waals surface area contributed by atoms with E-state index in [4.69, 9.17) is 0 Å². The first-order chi connectivity index (χ1) is 11.8. The molecule has 2 aliphatic rings. The Kier molecular flexibility index (Phi) is 6.73. The molecular formula is C20H29BrN2O. The average Bonchev–Trinajstić information content (AvgIpc) is 3.40. The van der Waals surface area contributed by atoms with Crippen LogP contribution in [0.25, 0.3) is 0 Å². The number of nitrogens with one attached hydrogen (secondary N) is 1. The number of carbonyl (C=O) groups is 1. The highest BCUT2D eigenvalue weighted by molar-refractivity contribution is 9.10. The lowest BCUT2D eigenvalue weighted by atomic mass is 10.1. The van der Waals surface area contributed by atoms with E-state index in [9.17, 15) is 4.79 Å². The van der Waals surface area contributed by atoms with E-state index in [-0.39, 0.29) is 11.8 Å². The van der Waals surface area contributed by atoms with E-state index >= 15 is 0 Å². The van der Waals surface area contributed by atoms with Crippen molar-refractivity contribution in [3.63, 3.8) is 0 Å². The molecule has 1 amide bonds. The highest BCUT2D eigenvalue weighted by Crippen LogP contribution is 2.49. The number of hydrogen-bond donors (Lipinski definition) is 1. The first-order valence-electron chi connectivity index (χ1n) is 9.50. The number of unbranched alkanes of at least 4 members (excludes halogenated alkanes) is 2. The maximum Gasteiger partial charge on any atom is 0.223 e. The molecule has 0 spiro atoms. The molecule has 1 saturated carbocycles. The normalized spacial score (nSPS) is 23.9. The standard InChI is InChI=1S/C20H29BrN2O/c21-19-10-4-3-9-16(19)17-15-18(17)20(24)22-11-5-1-6-12-23-13-7-2-8-14-23/h3-4,9-10,17-18H,1-2,5-8,11-15H2,(H,22,24). The number of nitrogens with zero attached hydrogens (tertiary/aromatic N) is 1. The number of benzene rings is 1. The number of piperidine rings is 1. The molecule has 3 rings (SSSR count). The fourth-order valence-corrected chi connectivity index (χ4v) is 4.35. The summed E-state index contributed by atoms with van der Waals surface area (Å²) in [6, 6.07) is 8.26. The third-order valence-electron chi connectivity index (χ3n) is 5.33. The lowest BCUT2D eigenvalue weighted by Crippen LogP contribution is -2.30. The minimum Gasteiger partial charge on any atom is -0.356 e. The summed E-state index contributed by atoms with van der Waals surface area (Å²) in [6.07, 6.45) is 8.72. The van der Waals surface area contributed by atoms with E-state index in [2.05, 4.69) is 44.3 Å². The number of carbonyl (C=O) groups excluding carboxylic acids is 1. The summed E-state index contributed by atoms with van der Waals surface area (Å²) in [5.74, 6) is 0.823. The van der Waals surface area contributed by atoms with Crippen LogP contribution in [0.4, 0.5) is 0 Å². The van der Waals surface area contributed by atoms with E-state index in [1.807, 2.05) is 6.07 Å². The van der Waals surface area contributed by atoms with Crippen molar-refractivity contribution in [2.45, 2.75) is 50.9 Å². The Balaban J connectivity index is 1.26. The SMILES string of the molecule is O=C(NCCCCCN1CCCCC1)C1CC1c1ccccc1Br. The zero-order chi connectivity index (χ0) is 16.8. The van der Waals surface area contributed by atoms with Gasteiger partial charge in [0.1, 0.15) is 0 Å². The lowest BCUT2D eigenvalue weighted by molar-refractivity contribution is -0.122. The molecule has 1 aliphatic heterocycles. The Labute approximate surface area is 154 Å². The quantitative estimate of drug-likeness (QED) is 0.667. The van der Waals surface area contributed by atoms with E-state index in [0.29, 0.717) is 5.92 Å². The predicted octanol–water partition coefficient (Wildman–Crippen LogP) is 4.33. The fraction of sp³-hybridized carbons (Fsp3) is 0.650. The monoisotopic (exact) mass is 392 g/mol. The summed E-state index contributed by atoms with van der Waals surface area (Å²) in [5, 5.41) is 3.13. The summed E-state index contributed by atoms with van der Waals surface area (Å²) in [7, 11) is 0. The summed E-state index contributed by atoms with van der Waals surface area (Å²) in [5.41, 5.74) is 1.28. The van der Waals surface area contributed by atoms with Gasteiger partial charge < -0.3 is 10.2 Å². The van der Waals surface area contributed by atoms with E-state index in [1.54, 1.807) is 0 Å². The Morgan fingerprint density at radius 2 is 1.92 bits per heavy atom. The van der Waals surface area contributed by atoms with Gasteiger partial charge in [0, 0.05) is 16.9 Å². The summed E-state index contributed by atoms with van der Waals surface area (Å²) in [6.45, 7) is 4.64. The zero-order valence-corrected chi connectivity index (χ0v) is 16.1. The molecule has 2 unspecified atom stereocenters. The van der Waals surface area contributed by atoms with Crippen LogP contribution in [0.5, 0.6) is 0 Å². The van der Waals surface area contributed by atoms with E-state index in [0.717, 1.165) is 23.9 Å². The van der Waals surface area contributed by atoms with Gasteiger partial charge in [-0.25, -0.2) is 0 Å². The number of likely N-dealkylation sites (tertiary alicyclic amines) is 1. The summed E-state index contributed by atoms with van der Waals surface area (Å²) < 4.78 is 1.13. The molecule has 0 radical (unpaired) electrons. The number of rotatable bonds is 8. The van der Waals surface area contributed by atoms with Gasteiger partial charge in [-0.05, 0) is 69.3 Å². The molecule has 0 aromatic heterocycles. The van der Waals surface area contributed by atoms with Crippen molar-refractivity contribution >= 4 is 21.8 Å². The minimum atomic E-state index is 0.178. The van der Waals surface area contributed by atoms with Crippen molar-refractivity contribution in [3.05, 3.63) is 34.3 Å². The van der Waals surface area contributed by atoms with Gasteiger partial charge in [-0.1, -0.05) is 47.0 Å². The van der Waals surface area contributed by atoms with Crippen molar-refractivity contribution in [2.24, 2.45) is 5.92 Å². The van der Waals surface area contributed by atoms with Gasteiger partial charge >= 0.3 is 0 Å². The molecule has 1 heterocycles. The molecule has 2 atom stereocenters. The maximum atomic E-state index is 12.2.